The Bertz CT molecular complexity index is 299. The van der Waals surface area contributed by atoms with E-state index in [-0.39, 0.29) is 0 Å². The van der Waals surface area contributed by atoms with Crippen LogP contribution in [0.2, 0.25) is 0 Å². The molecule has 0 spiro atoms. The van der Waals surface area contributed by atoms with Crippen LogP contribution in [0.3, 0.4) is 0 Å². The van der Waals surface area contributed by atoms with Crippen LogP contribution in [0.25, 0.3) is 0 Å². The van der Waals surface area contributed by atoms with Crippen molar-refractivity contribution in [2.75, 3.05) is 19.0 Å². The predicted molar refractivity (Wildman–Crippen MR) is 52.2 cm³/mol. The zero-order chi connectivity index (χ0) is 9.84. The van der Waals surface area contributed by atoms with Gasteiger partial charge in [0.1, 0.15) is 11.4 Å². The minimum atomic E-state index is 0.796. The zero-order valence-electron chi connectivity index (χ0n) is 8.51. The lowest BCUT2D eigenvalue weighted by molar-refractivity contribution is 0.404. The number of anilines is 1. The largest absolute Gasteiger partial charge is 0.494 e. The highest BCUT2D eigenvalue weighted by molar-refractivity contribution is 5.51. The summed E-state index contributed by atoms with van der Waals surface area (Å²) >= 11 is 0. The van der Waals surface area contributed by atoms with E-state index >= 15 is 0 Å². The van der Waals surface area contributed by atoms with Crippen LogP contribution in [0.4, 0.5) is 5.82 Å². The number of hydrogen-bond acceptors (Lipinski definition) is 4. The third-order valence-electron chi connectivity index (χ3n) is 1.87. The molecule has 0 unspecified atom stereocenters. The van der Waals surface area contributed by atoms with Crippen molar-refractivity contribution >= 4 is 5.82 Å². The number of nitrogens with zero attached hydrogens (tertiary/aromatic N) is 2. The summed E-state index contributed by atoms with van der Waals surface area (Å²) in [6.45, 7) is 6.71. The maximum atomic E-state index is 5.22. The highest BCUT2D eigenvalue weighted by Crippen LogP contribution is 2.24. The fraction of sp³-hybridized carbons (Fsp3) is 0.556. The number of rotatable bonds is 3. The Kier molecular flexibility index (Phi) is 3.06. The molecule has 0 aromatic carbocycles. The minimum absolute atomic E-state index is 0.796. The highest BCUT2D eigenvalue weighted by Gasteiger charge is 2.09. The van der Waals surface area contributed by atoms with Crippen LogP contribution in [-0.2, 0) is 0 Å². The molecular weight excluding hydrogens is 166 g/mol. The van der Waals surface area contributed by atoms with Gasteiger partial charge in [-0.15, -0.1) is 10.2 Å². The normalized spacial score (nSPS) is 9.85. The molecule has 0 amide bonds. The van der Waals surface area contributed by atoms with Crippen molar-refractivity contribution in [2.45, 2.75) is 20.8 Å². The molecule has 13 heavy (non-hydrogen) atoms. The van der Waals surface area contributed by atoms with E-state index in [1.165, 1.54) is 0 Å². The molecule has 0 aliphatic rings. The maximum absolute atomic E-state index is 5.22. The SMILES string of the molecule is CCNc1nnc(C)c(OC)c1C. The van der Waals surface area contributed by atoms with Crippen LogP contribution in [0, 0.1) is 13.8 Å². The lowest BCUT2D eigenvalue weighted by Crippen LogP contribution is -2.06. The highest BCUT2D eigenvalue weighted by atomic mass is 16.5. The van der Waals surface area contributed by atoms with E-state index in [4.69, 9.17) is 4.74 Å². The van der Waals surface area contributed by atoms with Gasteiger partial charge in [-0.05, 0) is 20.8 Å². The first-order valence-corrected chi connectivity index (χ1v) is 4.32. The summed E-state index contributed by atoms with van der Waals surface area (Å²) in [6, 6.07) is 0. The standard InChI is InChI=1S/C9H15N3O/c1-5-10-9-6(2)8(13-4)7(3)11-12-9/h5H2,1-4H3,(H,10,12). The van der Waals surface area contributed by atoms with Crippen LogP contribution in [0.1, 0.15) is 18.2 Å². The molecule has 0 aliphatic carbocycles. The molecule has 1 heterocycles. The number of hydrogen-bond donors (Lipinski definition) is 1. The van der Waals surface area contributed by atoms with Gasteiger partial charge < -0.3 is 10.1 Å². The first-order chi connectivity index (χ1) is 6.20. The topological polar surface area (TPSA) is 47.0 Å². The summed E-state index contributed by atoms with van der Waals surface area (Å²) in [5.74, 6) is 1.61. The summed E-state index contributed by atoms with van der Waals surface area (Å²) < 4.78 is 5.22. The van der Waals surface area contributed by atoms with Crippen LogP contribution >= 0.6 is 0 Å². The van der Waals surface area contributed by atoms with Gasteiger partial charge in [-0.25, -0.2) is 0 Å². The van der Waals surface area contributed by atoms with Crippen molar-refractivity contribution in [3.63, 3.8) is 0 Å². The third-order valence-corrected chi connectivity index (χ3v) is 1.87. The van der Waals surface area contributed by atoms with Crippen molar-refractivity contribution in [1.82, 2.24) is 10.2 Å². The van der Waals surface area contributed by atoms with E-state index in [0.29, 0.717) is 0 Å². The van der Waals surface area contributed by atoms with Crippen molar-refractivity contribution < 1.29 is 4.74 Å². The van der Waals surface area contributed by atoms with Crippen molar-refractivity contribution in [2.24, 2.45) is 0 Å². The summed E-state index contributed by atoms with van der Waals surface area (Å²) in [4.78, 5) is 0. The quantitative estimate of drug-likeness (QED) is 0.768. The fourth-order valence-corrected chi connectivity index (χ4v) is 1.26. The van der Waals surface area contributed by atoms with Gasteiger partial charge in [0.2, 0.25) is 0 Å². The lowest BCUT2D eigenvalue weighted by Gasteiger charge is -2.10. The zero-order valence-corrected chi connectivity index (χ0v) is 8.51. The van der Waals surface area contributed by atoms with E-state index < -0.39 is 0 Å². The lowest BCUT2D eigenvalue weighted by atomic mass is 10.2. The maximum Gasteiger partial charge on any atom is 0.155 e. The molecule has 0 saturated heterocycles. The van der Waals surface area contributed by atoms with E-state index in [9.17, 15) is 0 Å². The molecule has 0 fully saturated rings. The summed E-state index contributed by atoms with van der Waals surface area (Å²) in [7, 11) is 1.65. The Morgan fingerprint density at radius 1 is 1.31 bits per heavy atom. The van der Waals surface area contributed by atoms with Gasteiger partial charge in [-0.3, -0.25) is 0 Å². The second kappa shape index (κ2) is 4.07. The monoisotopic (exact) mass is 181 g/mol. The number of nitrogens with one attached hydrogen (secondary N) is 1. The third kappa shape index (κ3) is 1.88. The van der Waals surface area contributed by atoms with Crippen molar-refractivity contribution in [1.29, 1.82) is 0 Å². The molecule has 0 aliphatic heterocycles. The summed E-state index contributed by atoms with van der Waals surface area (Å²) in [5, 5.41) is 11.2. The molecule has 1 aromatic rings. The van der Waals surface area contributed by atoms with Gasteiger partial charge in [0.15, 0.2) is 5.82 Å². The van der Waals surface area contributed by atoms with E-state index in [1.54, 1.807) is 7.11 Å². The first-order valence-electron chi connectivity index (χ1n) is 4.32. The average molecular weight is 181 g/mol. The Balaban J connectivity index is 3.11. The smallest absolute Gasteiger partial charge is 0.155 e. The summed E-state index contributed by atoms with van der Waals surface area (Å²) in [6.07, 6.45) is 0. The molecule has 4 nitrogen and oxygen atoms in total. The molecule has 4 heteroatoms. The summed E-state index contributed by atoms with van der Waals surface area (Å²) in [5.41, 5.74) is 1.83. The van der Waals surface area contributed by atoms with Gasteiger partial charge >= 0.3 is 0 Å². The van der Waals surface area contributed by atoms with Crippen LogP contribution < -0.4 is 10.1 Å². The van der Waals surface area contributed by atoms with Gasteiger partial charge in [-0.2, -0.15) is 0 Å². The van der Waals surface area contributed by atoms with E-state index in [1.807, 2.05) is 20.8 Å². The molecule has 0 atom stereocenters. The number of methoxy groups -OCH3 is 1. The van der Waals surface area contributed by atoms with Gasteiger partial charge in [0, 0.05) is 12.1 Å². The van der Waals surface area contributed by atoms with E-state index in [2.05, 4.69) is 15.5 Å². The van der Waals surface area contributed by atoms with Gasteiger partial charge in [0.05, 0.1) is 7.11 Å². The minimum Gasteiger partial charge on any atom is -0.494 e. The molecule has 0 radical (unpaired) electrons. The van der Waals surface area contributed by atoms with E-state index in [0.717, 1.165) is 29.4 Å². The molecule has 1 N–H and O–H groups in total. The van der Waals surface area contributed by atoms with Crippen molar-refractivity contribution in [3.8, 4) is 5.75 Å². The van der Waals surface area contributed by atoms with Crippen molar-refractivity contribution in [3.05, 3.63) is 11.3 Å². The Hall–Kier alpha value is -1.32. The average Bonchev–Trinajstić information content (AvgIpc) is 2.11. The molecular formula is C9H15N3O. The molecule has 72 valence electrons. The molecule has 0 bridgehead atoms. The number of ether oxygens (including phenoxy) is 1. The molecule has 1 aromatic heterocycles. The Morgan fingerprint density at radius 3 is 2.54 bits per heavy atom. The Morgan fingerprint density at radius 2 is 2.00 bits per heavy atom. The molecule has 1 rings (SSSR count). The van der Waals surface area contributed by atoms with Crippen LogP contribution in [-0.4, -0.2) is 23.9 Å². The van der Waals surface area contributed by atoms with Gasteiger partial charge in [-0.1, -0.05) is 0 Å². The number of aryl methyl sites for hydroxylation is 1. The van der Waals surface area contributed by atoms with Crippen LogP contribution in [0.15, 0.2) is 0 Å². The number of aromatic nitrogens is 2. The predicted octanol–water partition coefficient (Wildman–Crippen LogP) is 1.53. The second-order valence-corrected chi connectivity index (χ2v) is 2.82. The molecule has 0 saturated carbocycles. The Labute approximate surface area is 78.3 Å². The fourth-order valence-electron chi connectivity index (χ4n) is 1.26. The first kappa shape index (κ1) is 9.77. The second-order valence-electron chi connectivity index (χ2n) is 2.82. The van der Waals surface area contributed by atoms with Gasteiger partial charge in [0.25, 0.3) is 0 Å². The van der Waals surface area contributed by atoms with Crippen LogP contribution in [0.5, 0.6) is 5.75 Å².